The minimum atomic E-state index is -0.585. The number of rotatable bonds is 0. The molecule has 8 heteroatoms. The number of Topliss-reactive ketones (excluding diaryl/α,β-unsaturated/α-hetero) is 2. The van der Waals surface area contributed by atoms with Crippen molar-refractivity contribution in [3.8, 4) is 0 Å². The van der Waals surface area contributed by atoms with Crippen molar-refractivity contribution in [1.82, 2.24) is 0 Å². The molecule has 36 heavy (non-hydrogen) atoms. The van der Waals surface area contributed by atoms with E-state index in [0.717, 1.165) is 22.3 Å². The van der Waals surface area contributed by atoms with E-state index >= 15 is 0 Å². The topological polar surface area (TPSA) is 121 Å². The summed E-state index contributed by atoms with van der Waals surface area (Å²) in [6.45, 7) is 0. The van der Waals surface area contributed by atoms with E-state index in [1.807, 2.05) is 48.5 Å². The monoisotopic (exact) mass is 484 g/mol. The Bertz CT molecular complexity index is 1310. The number of carbonyl (C=O) groups is 6. The van der Waals surface area contributed by atoms with Gasteiger partial charge >= 0.3 is 23.9 Å². The van der Waals surface area contributed by atoms with Crippen LogP contribution in [0, 0.1) is 23.7 Å². The smallest absolute Gasteiger partial charge is 0.318 e. The lowest BCUT2D eigenvalue weighted by Gasteiger charge is -2.42. The van der Waals surface area contributed by atoms with Crippen molar-refractivity contribution in [2.75, 3.05) is 0 Å². The van der Waals surface area contributed by atoms with Crippen LogP contribution < -0.4 is 0 Å². The third kappa shape index (κ3) is 2.64. The quantitative estimate of drug-likeness (QED) is 0.413. The molecule has 0 N–H and O–H groups in total. The summed E-state index contributed by atoms with van der Waals surface area (Å²) in [7, 11) is 0. The van der Waals surface area contributed by atoms with Gasteiger partial charge in [-0.15, -0.1) is 0 Å². The van der Waals surface area contributed by atoms with Crippen LogP contribution >= 0.6 is 0 Å². The van der Waals surface area contributed by atoms with E-state index in [1.165, 1.54) is 0 Å². The molecule has 6 aliphatic carbocycles. The van der Waals surface area contributed by atoms with Gasteiger partial charge in [-0.25, -0.2) is 0 Å². The van der Waals surface area contributed by atoms with E-state index in [0.29, 0.717) is 12.8 Å². The van der Waals surface area contributed by atoms with Crippen molar-refractivity contribution in [3.05, 3.63) is 70.8 Å². The third-order valence-electron chi connectivity index (χ3n) is 8.85. The maximum Gasteiger partial charge on any atom is 0.318 e. The van der Waals surface area contributed by atoms with Crippen molar-refractivity contribution in [2.45, 2.75) is 36.5 Å². The average molecular weight is 484 g/mol. The second-order valence-corrected chi connectivity index (χ2v) is 10.4. The Balaban J connectivity index is 0.000000122. The number of benzene rings is 2. The van der Waals surface area contributed by atoms with Gasteiger partial charge in [0.1, 0.15) is 11.6 Å². The zero-order chi connectivity index (χ0) is 24.9. The molecule has 4 bridgehead atoms. The second-order valence-electron chi connectivity index (χ2n) is 10.4. The van der Waals surface area contributed by atoms with Crippen molar-refractivity contribution < 1.29 is 38.2 Å². The molecule has 4 fully saturated rings. The Morgan fingerprint density at radius 3 is 1.19 bits per heavy atom. The van der Waals surface area contributed by atoms with Gasteiger partial charge in [0.2, 0.25) is 0 Å². The molecule has 0 aromatic heterocycles. The van der Waals surface area contributed by atoms with Gasteiger partial charge in [0.25, 0.3) is 0 Å². The summed E-state index contributed by atoms with van der Waals surface area (Å²) in [6, 6.07) is 15.2. The molecule has 0 spiro atoms. The minimum Gasteiger partial charge on any atom is -0.393 e. The summed E-state index contributed by atoms with van der Waals surface area (Å²) in [5.74, 6) is -5.22. The highest BCUT2D eigenvalue weighted by Crippen LogP contribution is 2.57. The predicted molar refractivity (Wildman–Crippen MR) is 119 cm³/mol. The van der Waals surface area contributed by atoms with Gasteiger partial charge in [0.05, 0.1) is 35.5 Å². The van der Waals surface area contributed by atoms with Crippen molar-refractivity contribution in [1.29, 1.82) is 0 Å². The molecule has 2 saturated heterocycles. The van der Waals surface area contributed by atoms with E-state index in [4.69, 9.17) is 9.47 Å². The molecule has 2 heterocycles. The van der Waals surface area contributed by atoms with Gasteiger partial charge in [-0.3, -0.25) is 28.8 Å². The first-order valence-electron chi connectivity index (χ1n) is 12.1. The highest BCUT2D eigenvalue weighted by Gasteiger charge is 2.62. The van der Waals surface area contributed by atoms with Crippen LogP contribution in [0.25, 0.3) is 0 Å². The number of ketones is 2. The molecule has 8 atom stereocenters. The number of hydrogen-bond donors (Lipinski definition) is 0. The van der Waals surface area contributed by atoms with Crippen LogP contribution in [0.5, 0.6) is 0 Å². The maximum absolute atomic E-state index is 12.1. The van der Waals surface area contributed by atoms with Crippen molar-refractivity contribution in [3.63, 3.8) is 0 Å². The standard InChI is InChI=1S/2C14H10O4/c2*15-9-5-8-6-3-1-2-4-7(6)10(9)12-11(8)13(16)18-14(12)17/h2*1-4,8,10-12H,5H2. The number of esters is 4. The Hall–Kier alpha value is -3.94. The molecule has 2 saturated carbocycles. The molecule has 8 unspecified atom stereocenters. The van der Waals surface area contributed by atoms with Crippen molar-refractivity contribution in [2.24, 2.45) is 23.7 Å². The molecule has 10 rings (SSSR count). The van der Waals surface area contributed by atoms with Crippen LogP contribution in [0.2, 0.25) is 0 Å². The fraction of sp³-hybridized carbons (Fsp3) is 0.357. The third-order valence-corrected chi connectivity index (χ3v) is 8.85. The zero-order valence-electron chi connectivity index (χ0n) is 18.9. The van der Waals surface area contributed by atoms with E-state index in [2.05, 4.69) is 0 Å². The van der Waals surface area contributed by atoms with E-state index in [9.17, 15) is 28.8 Å². The summed E-state index contributed by atoms with van der Waals surface area (Å²) in [5, 5.41) is 0. The molecule has 2 aromatic carbocycles. The fourth-order valence-electron chi connectivity index (χ4n) is 7.52. The van der Waals surface area contributed by atoms with E-state index < -0.39 is 59.4 Å². The highest BCUT2D eigenvalue weighted by molar-refractivity contribution is 6.06. The molecule has 180 valence electrons. The van der Waals surface area contributed by atoms with Gasteiger partial charge in [-0.2, -0.15) is 0 Å². The first-order valence-corrected chi connectivity index (χ1v) is 12.1. The number of hydrogen-bond acceptors (Lipinski definition) is 8. The molecular formula is C28H20O8. The number of ether oxygens (including phenoxy) is 2. The lowest BCUT2D eigenvalue weighted by atomic mass is 9.56. The Morgan fingerprint density at radius 1 is 0.472 bits per heavy atom. The summed E-state index contributed by atoms with van der Waals surface area (Å²) < 4.78 is 9.48. The van der Waals surface area contributed by atoms with Crippen molar-refractivity contribution >= 4 is 35.4 Å². The molecule has 0 radical (unpaired) electrons. The van der Waals surface area contributed by atoms with Gasteiger partial charge < -0.3 is 9.47 Å². The van der Waals surface area contributed by atoms with Gasteiger partial charge in [0.15, 0.2) is 0 Å². The number of fused-ring (bicyclic) bond motifs is 2. The molecule has 8 nitrogen and oxygen atoms in total. The van der Waals surface area contributed by atoms with Gasteiger partial charge in [-0.05, 0) is 22.3 Å². The summed E-state index contributed by atoms with van der Waals surface area (Å²) in [4.78, 5) is 71.3. The van der Waals surface area contributed by atoms with Gasteiger partial charge in [-0.1, -0.05) is 48.5 Å². The summed E-state index contributed by atoms with van der Waals surface area (Å²) >= 11 is 0. The normalized spacial score (nSPS) is 36.3. The van der Waals surface area contributed by atoms with E-state index in [1.54, 1.807) is 0 Å². The Kier molecular flexibility index (Phi) is 4.32. The van der Waals surface area contributed by atoms with Crippen LogP contribution in [-0.2, 0) is 38.2 Å². The first-order chi connectivity index (χ1) is 17.4. The van der Waals surface area contributed by atoms with Crippen LogP contribution in [0.1, 0.15) is 58.8 Å². The minimum absolute atomic E-state index is 0.0617. The first kappa shape index (κ1) is 21.4. The van der Waals surface area contributed by atoms with Gasteiger partial charge in [0, 0.05) is 24.7 Å². The average Bonchev–Trinajstić information content (AvgIpc) is 3.35. The van der Waals surface area contributed by atoms with Crippen LogP contribution in [0.3, 0.4) is 0 Å². The highest BCUT2D eigenvalue weighted by atomic mass is 16.6. The van der Waals surface area contributed by atoms with Crippen LogP contribution in [0.15, 0.2) is 48.5 Å². The Morgan fingerprint density at radius 2 is 0.806 bits per heavy atom. The number of carbonyl (C=O) groups excluding carboxylic acids is 6. The summed E-state index contributed by atoms with van der Waals surface area (Å²) in [6.07, 6.45) is 0.705. The lowest BCUT2D eigenvalue weighted by Crippen LogP contribution is -2.44. The lowest BCUT2D eigenvalue weighted by molar-refractivity contribution is -0.155. The van der Waals surface area contributed by atoms with Crippen LogP contribution in [-0.4, -0.2) is 35.4 Å². The summed E-state index contributed by atoms with van der Waals surface area (Å²) in [5.41, 5.74) is 3.89. The SMILES string of the molecule is O=C1CC2c3ccccc3C1C1C(=O)OC(=O)C21.O=C1CC2c3ccccc3C1C1C(=O)OC(=O)C21. The fourth-order valence-corrected chi connectivity index (χ4v) is 7.52. The molecule has 8 aliphatic rings. The largest absolute Gasteiger partial charge is 0.393 e. The molecule has 2 aromatic rings. The molecule has 2 aliphatic heterocycles. The number of cyclic esters (lactones) is 4. The Labute approximate surface area is 204 Å². The maximum atomic E-state index is 12.1. The molecule has 0 amide bonds. The predicted octanol–water partition coefficient (Wildman–Crippen LogP) is 2.31. The van der Waals surface area contributed by atoms with Crippen LogP contribution in [0.4, 0.5) is 0 Å². The van der Waals surface area contributed by atoms with E-state index in [-0.39, 0.29) is 23.4 Å². The molecular weight excluding hydrogens is 464 g/mol. The second kappa shape index (κ2) is 7.29. The zero-order valence-corrected chi connectivity index (χ0v) is 18.9.